The smallest absolute Gasteiger partial charge is 0.334 e. The van der Waals surface area contributed by atoms with Crippen molar-refractivity contribution in [3.63, 3.8) is 0 Å². The lowest BCUT2D eigenvalue weighted by atomic mass is 10.1. The number of nitrogens with one attached hydrogen (secondary N) is 1. The minimum absolute atomic E-state index is 0.0733. The van der Waals surface area contributed by atoms with Gasteiger partial charge < -0.3 is 10.2 Å². The molecular weight excluding hydrogens is 343 g/mol. The van der Waals surface area contributed by atoms with E-state index >= 15 is 0 Å². The Balaban J connectivity index is 1.61. The summed E-state index contributed by atoms with van der Waals surface area (Å²) < 4.78 is 38.1. The maximum absolute atomic E-state index is 12.8. The highest BCUT2D eigenvalue weighted by Crippen LogP contribution is 2.31. The third kappa shape index (κ3) is 4.98. The predicted molar refractivity (Wildman–Crippen MR) is 93.5 cm³/mol. The predicted octanol–water partition coefficient (Wildman–Crippen LogP) is 2.88. The Hall–Kier alpha value is -1.60. The number of halogens is 3. The molecule has 2 aliphatic rings. The SMILES string of the molecule is CNC1CCCN(CC(=O)N(Cc2ccc(C(F)(F)F)cc2)C2CC2)C1. The summed E-state index contributed by atoms with van der Waals surface area (Å²) in [7, 11) is 1.94. The Bertz CT molecular complexity index is 613. The molecule has 1 saturated heterocycles. The number of carbonyl (C=O) groups excluding carboxylic acids is 1. The normalized spacial score (nSPS) is 21.6. The highest BCUT2D eigenvalue weighted by molar-refractivity contribution is 5.79. The number of likely N-dealkylation sites (tertiary alicyclic amines) is 1. The highest BCUT2D eigenvalue weighted by atomic mass is 19.4. The van der Waals surface area contributed by atoms with E-state index in [1.165, 1.54) is 12.1 Å². The van der Waals surface area contributed by atoms with Gasteiger partial charge in [0.25, 0.3) is 0 Å². The molecule has 1 aromatic carbocycles. The lowest BCUT2D eigenvalue weighted by Gasteiger charge is -2.33. The molecule has 1 aromatic rings. The number of rotatable bonds is 6. The Morgan fingerprint density at radius 3 is 2.50 bits per heavy atom. The minimum atomic E-state index is -4.33. The van der Waals surface area contributed by atoms with Crippen LogP contribution in [0, 0.1) is 0 Å². The largest absolute Gasteiger partial charge is 0.416 e. The number of piperidine rings is 1. The maximum Gasteiger partial charge on any atom is 0.416 e. The summed E-state index contributed by atoms with van der Waals surface area (Å²) in [5, 5.41) is 3.27. The number of carbonyl (C=O) groups is 1. The lowest BCUT2D eigenvalue weighted by Crippen LogP contribution is -2.49. The number of hydrogen-bond acceptors (Lipinski definition) is 3. The van der Waals surface area contributed by atoms with E-state index in [1.807, 2.05) is 11.9 Å². The molecule has 7 heteroatoms. The molecule has 0 aromatic heterocycles. The van der Waals surface area contributed by atoms with Crippen LogP contribution in [0.15, 0.2) is 24.3 Å². The molecule has 1 atom stereocenters. The molecule has 3 rings (SSSR count). The van der Waals surface area contributed by atoms with E-state index in [0.29, 0.717) is 19.1 Å². The van der Waals surface area contributed by atoms with Gasteiger partial charge in [-0.2, -0.15) is 13.2 Å². The van der Waals surface area contributed by atoms with Crippen molar-refractivity contribution in [3.8, 4) is 0 Å². The first-order chi connectivity index (χ1) is 12.4. The summed E-state index contributed by atoms with van der Waals surface area (Å²) in [6, 6.07) is 5.78. The van der Waals surface area contributed by atoms with Crippen LogP contribution < -0.4 is 5.32 Å². The topological polar surface area (TPSA) is 35.6 Å². The molecule has 2 fully saturated rings. The first-order valence-corrected chi connectivity index (χ1v) is 9.22. The van der Waals surface area contributed by atoms with Crippen molar-refractivity contribution < 1.29 is 18.0 Å². The van der Waals surface area contributed by atoms with Crippen molar-refractivity contribution in [1.82, 2.24) is 15.1 Å². The molecule has 1 unspecified atom stereocenters. The monoisotopic (exact) mass is 369 g/mol. The van der Waals surface area contributed by atoms with Gasteiger partial charge >= 0.3 is 6.18 Å². The van der Waals surface area contributed by atoms with Crippen molar-refractivity contribution in [1.29, 1.82) is 0 Å². The molecule has 1 aliphatic heterocycles. The summed E-state index contributed by atoms with van der Waals surface area (Å²) in [5.41, 5.74) is 0.0852. The van der Waals surface area contributed by atoms with Crippen molar-refractivity contribution in [2.45, 2.75) is 50.5 Å². The zero-order valence-corrected chi connectivity index (χ0v) is 15.1. The maximum atomic E-state index is 12.8. The van der Waals surface area contributed by atoms with E-state index in [0.717, 1.165) is 56.5 Å². The lowest BCUT2D eigenvalue weighted by molar-refractivity contribution is -0.137. The molecule has 1 N–H and O–H groups in total. The average molecular weight is 369 g/mol. The number of nitrogens with zero attached hydrogens (tertiary/aromatic N) is 2. The Morgan fingerprint density at radius 2 is 1.92 bits per heavy atom. The van der Waals surface area contributed by atoms with E-state index in [2.05, 4.69) is 10.2 Å². The third-order valence-electron chi connectivity index (χ3n) is 5.21. The summed E-state index contributed by atoms with van der Waals surface area (Å²) in [5.74, 6) is 0.0733. The van der Waals surface area contributed by atoms with Crippen LogP contribution in [0.4, 0.5) is 13.2 Å². The molecule has 4 nitrogen and oxygen atoms in total. The second-order valence-corrected chi connectivity index (χ2v) is 7.31. The highest BCUT2D eigenvalue weighted by Gasteiger charge is 2.34. The van der Waals surface area contributed by atoms with Crippen LogP contribution >= 0.6 is 0 Å². The van der Waals surface area contributed by atoms with Crippen molar-refractivity contribution in [2.75, 3.05) is 26.7 Å². The second kappa shape index (κ2) is 7.96. The molecule has 1 amide bonds. The molecule has 1 heterocycles. The van der Waals surface area contributed by atoms with Crippen molar-refractivity contribution >= 4 is 5.91 Å². The van der Waals surface area contributed by atoms with Crippen LogP contribution in [0.5, 0.6) is 0 Å². The van der Waals surface area contributed by atoms with Gasteiger partial charge in [-0.3, -0.25) is 9.69 Å². The summed E-state index contributed by atoms with van der Waals surface area (Å²) >= 11 is 0. The van der Waals surface area contributed by atoms with Crippen LogP contribution in [0.3, 0.4) is 0 Å². The van der Waals surface area contributed by atoms with Crippen LogP contribution in [0.25, 0.3) is 0 Å². The molecule has 26 heavy (non-hydrogen) atoms. The molecular formula is C19H26F3N3O. The van der Waals surface area contributed by atoms with Gasteiger partial charge in [0.2, 0.25) is 5.91 Å². The van der Waals surface area contributed by atoms with Gasteiger partial charge in [0, 0.05) is 25.2 Å². The van der Waals surface area contributed by atoms with Gasteiger partial charge in [-0.1, -0.05) is 12.1 Å². The summed E-state index contributed by atoms with van der Waals surface area (Å²) in [4.78, 5) is 16.8. The Labute approximate surface area is 152 Å². The van der Waals surface area contributed by atoms with E-state index in [4.69, 9.17) is 0 Å². The Morgan fingerprint density at radius 1 is 1.23 bits per heavy atom. The standard InChI is InChI=1S/C19H26F3N3O/c1-23-16-3-2-10-24(12-16)13-18(26)25(17-8-9-17)11-14-4-6-15(7-5-14)19(20,21)22/h4-7,16-17,23H,2-3,8-13H2,1H3. The van der Waals surface area contributed by atoms with Gasteiger partial charge in [-0.05, 0) is 57.0 Å². The zero-order chi connectivity index (χ0) is 18.7. The third-order valence-corrected chi connectivity index (χ3v) is 5.21. The van der Waals surface area contributed by atoms with Gasteiger partial charge in [-0.25, -0.2) is 0 Å². The van der Waals surface area contributed by atoms with Crippen molar-refractivity contribution in [2.24, 2.45) is 0 Å². The number of hydrogen-bond donors (Lipinski definition) is 1. The quantitative estimate of drug-likeness (QED) is 0.838. The van der Waals surface area contributed by atoms with Crippen LogP contribution in [-0.2, 0) is 17.5 Å². The number of likely N-dealkylation sites (N-methyl/N-ethyl adjacent to an activating group) is 1. The van der Waals surface area contributed by atoms with Gasteiger partial charge in [0.15, 0.2) is 0 Å². The molecule has 144 valence electrons. The van der Waals surface area contributed by atoms with Gasteiger partial charge in [0.05, 0.1) is 12.1 Å². The fourth-order valence-corrected chi connectivity index (χ4v) is 3.52. The van der Waals surface area contributed by atoms with E-state index in [9.17, 15) is 18.0 Å². The average Bonchev–Trinajstić information content (AvgIpc) is 3.44. The number of amides is 1. The fraction of sp³-hybridized carbons (Fsp3) is 0.632. The second-order valence-electron chi connectivity index (χ2n) is 7.31. The molecule has 0 radical (unpaired) electrons. The fourth-order valence-electron chi connectivity index (χ4n) is 3.52. The summed E-state index contributed by atoms with van der Waals surface area (Å²) in [6.45, 7) is 2.55. The zero-order valence-electron chi connectivity index (χ0n) is 15.1. The number of alkyl halides is 3. The van der Waals surface area contributed by atoms with Crippen LogP contribution in [0.1, 0.15) is 36.8 Å². The summed E-state index contributed by atoms with van der Waals surface area (Å²) in [6.07, 6.45) is -0.181. The molecule has 0 bridgehead atoms. The van der Waals surface area contributed by atoms with E-state index in [1.54, 1.807) is 0 Å². The first-order valence-electron chi connectivity index (χ1n) is 9.22. The number of benzene rings is 1. The molecule has 0 spiro atoms. The Kier molecular flexibility index (Phi) is 5.87. The van der Waals surface area contributed by atoms with E-state index < -0.39 is 11.7 Å². The van der Waals surface area contributed by atoms with Crippen molar-refractivity contribution in [3.05, 3.63) is 35.4 Å². The van der Waals surface area contributed by atoms with Crippen LogP contribution in [0.2, 0.25) is 0 Å². The van der Waals surface area contributed by atoms with E-state index in [-0.39, 0.29) is 11.9 Å². The molecule has 1 saturated carbocycles. The van der Waals surface area contributed by atoms with Crippen LogP contribution in [-0.4, -0.2) is 54.5 Å². The first kappa shape index (κ1) is 19.2. The van der Waals surface area contributed by atoms with Gasteiger partial charge in [0.1, 0.15) is 0 Å². The van der Waals surface area contributed by atoms with Gasteiger partial charge in [-0.15, -0.1) is 0 Å². The molecule has 1 aliphatic carbocycles. The minimum Gasteiger partial charge on any atom is -0.334 e.